The number of allylic oxidation sites excluding steroid dienone is 2. The van der Waals surface area contributed by atoms with Crippen LogP contribution in [0.15, 0.2) is 24.3 Å². The number of halogens is 1. The van der Waals surface area contributed by atoms with Crippen molar-refractivity contribution < 1.29 is 26.3 Å². The Morgan fingerprint density at radius 1 is 1.06 bits per heavy atom. The average Bonchev–Trinajstić information content (AvgIpc) is 2.22. The number of rotatable bonds is 6. The van der Waals surface area contributed by atoms with Gasteiger partial charge in [0, 0.05) is 5.41 Å². The van der Waals surface area contributed by atoms with Gasteiger partial charge in [0.1, 0.15) is 6.54 Å². The molecule has 106 valence electrons. The Balaban J connectivity index is 0. The predicted molar refractivity (Wildman–Crippen MR) is 74.9 cm³/mol. The number of Topliss-reactive ketones (excluding diaryl/α,β-unsaturated/α-hetero) is 1. The molecule has 3 heteroatoms. The quantitative estimate of drug-likeness (QED) is 0.505. The van der Waals surface area contributed by atoms with E-state index in [1.165, 1.54) is 0 Å². The second kappa shape index (κ2) is 8.65. The van der Waals surface area contributed by atoms with Crippen LogP contribution in [0.25, 0.3) is 0 Å². The van der Waals surface area contributed by atoms with E-state index in [1.54, 1.807) is 0 Å². The number of nitrogens with zero attached hydrogens (tertiary/aromatic N) is 1. The smallest absolute Gasteiger partial charge is 0.192 e. The molecule has 0 radical (unpaired) electrons. The molecular weight excluding hydrogens is 290 g/mol. The second-order valence-corrected chi connectivity index (χ2v) is 5.95. The minimum Gasteiger partial charge on any atom is -1.00 e. The first-order valence-corrected chi connectivity index (χ1v) is 6.34. The highest BCUT2D eigenvalue weighted by atomic mass is 79.9. The summed E-state index contributed by atoms with van der Waals surface area (Å²) in [6.45, 7) is 12.4. The van der Waals surface area contributed by atoms with Crippen LogP contribution in [-0.2, 0) is 4.79 Å². The number of quaternary nitrogens is 1. The molecule has 0 bridgehead atoms. The molecule has 0 rings (SSSR count). The molecule has 0 fully saturated rings. The predicted octanol–water partition coefficient (Wildman–Crippen LogP) is 0.204. The van der Waals surface area contributed by atoms with Crippen molar-refractivity contribution in [3.63, 3.8) is 0 Å². The second-order valence-electron chi connectivity index (χ2n) is 5.95. The molecule has 0 N–H and O–H groups in total. The summed E-state index contributed by atoms with van der Waals surface area (Å²) in [5.41, 5.74) is -0.245. The molecule has 0 amide bonds. The molecule has 0 heterocycles. The Hall–Kier alpha value is -0.410. The fraction of sp³-hybridized carbons (Fsp3) is 0.667. The summed E-state index contributed by atoms with van der Waals surface area (Å²) < 4.78 is 0.755. The van der Waals surface area contributed by atoms with E-state index in [0.29, 0.717) is 12.3 Å². The van der Waals surface area contributed by atoms with Crippen LogP contribution in [-0.4, -0.2) is 36.9 Å². The van der Waals surface area contributed by atoms with Crippen molar-refractivity contribution in [2.24, 2.45) is 5.41 Å². The van der Waals surface area contributed by atoms with Gasteiger partial charge in [0.25, 0.3) is 0 Å². The molecule has 0 saturated carbocycles. The van der Waals surface area contributed by atoms with E-state index in [1.807, 2.05) is 46.8 Å². The summed E-state index contributed by atoms with van der Waals surface area (Å²) in [4.78, 5) is 12.1. The van der Waals surface area contributed by atoms with E-state index in [9.17, 15) is 4.79 Å². The number of carbonyl (C=O) groups excluding carboxylic acids is 1. The van der Waals surface area contributed by atoms with E-state index in [2.05, 4.69) is 19.2 Å². The monoisotopic (exact) mass is 317 g/mol. The van der Waals surface area contributed by atoms with Gasteiger partial charge in [0.05, 0.1) is 20.1 Å². The van der Waals surface area contributed by atoms with Gasteiger partial charge in [-0.3, -0.25) is 4.79 Å². The maximum Gasteiger partial charge on any atom is 0.192 e. The molecule has 2 nitrogen and oxygen atoms in total. The Bertz CT molecular complexity index is 286. The van der Waals surface area contributed by atoms with Gasteiger partial charge in [-0.1, -0.05) is 32.9 Å². The lowest BCUT2D eigenvalue weighted by Gasteiger charge is -2.34. The van der Waals surface area contributed by atoms with Crippen molar-refractivity contribution >= 4 is 5.78 Å². The SMILES string of the molecule is C/C=C/C[N+](C)(C/C=C/C)CC(=O)C(C)(C)C.[Br-]. The average molecular weight is 318 g/mol. The van der Waals surface area contributed by atoms with Gasteiger partial charge in [-0.25, -0.2) is 0 Å². The summed E-state index contributed by atoms with van der Waals surface area (Å²) in [6, 6.07) is 0. The number of carbonyl (C=O) groups is 1. The topological polar surface area (TPSA) is 17.1 Å². The summed E-state index contributed by atoms with van der Waals surface area (Å²) >= 11 is 0. The van der Waals surface area contributed by atoms with Crippen molar-refractivity contribution in [2.75, 3.05) is 26.7 Å². The molecule has 0 unspecified atom stereocenters. The van der Waals surface area contributed by atoms with Crippen molar-refractivity contribution in [1.29, 1.82) is 0 Å². The standard InChI is InChI=1S/C15H28NO.BrH/c1-7-9-11-16(6,12-10-8-2)13-14(17)15(3,4)5;/h7-10H,11-13H2,1-6H3;1H/q+1;/p-1/b9-7+,10-8+;. The Labute approximate surface area is 123 Å². The van der Waals surface area contributed by atoms with Crippen LogP contribution in [0.5, 0.6) is 0 Å². The molecule has 18 heavy (non-hydrogen) atoms. The van der Waals surface area contributed by atoms with E-state index >= 15 is 0 Å². The number of hydrogen-bond acceptors (Lipinski definition) is 1. The zero-order valence-electron chi connectivity index (χ0n) is 12.7. The molecule has 0 aromatic heterocycles. The highest BCUT2D eigenvalue weighted by molar-refractivity contribution is 5.84. The first-order valence-electron chi connectivity index (χ1n) is 6.34. The molecule has 0 aromatic carbocycles. The number of hydrogen-bond donors (Lipinski definition) is 0. The highest BCUT2D eigenvalue weighted by Gasteiger charge is 2.30. The molecule has 0 aliphatic heterocycles. The van der Waals surface area contributed by atoms with Crippen molar-refractivity contribution in [3.8, 4) is 0 Å². The van der Waals surface area contributed by atoms with Crippen LogP contribution < -0.4 is 17.0 Å². The minimum atomic E-state index is -0.245. The highest BCUT2D eigenvalue weighted by Crippen LogP contribution is 2.17. The minimum absolute atomic E-state index is 0. The molecule has 0 aliphatic carbocycles. The van der Waals surface area contributed by atoms with E-state index in [0.717, 1.165) is 17.6 Å². The van der Waals surface area contributed by atoms with Crippen LogP contribution >= 0.6 is 0 Å². The molecular formula is C15H28BrNO. The van der Waals surface area contributed by atoms with Crippen LogP contribution in [0.3, 0.4) is 0 Å². The van der Waals surface area contributed by atoms with Crippen molar-refractivity contribution in [3.05, 3.63) is 24.3 Å². The van der Waals surface area contributed by atoms with E-state index in [-0.39, 0.29) is 22.4 Å². The Kier molecular flexibility index (Phi) is 9.57. The fourth-order valence-electron chi connectivity index (χ4n) is 1.51. The fourth-order valence-corrected chi connectivity index (χ4v) is 1.51. The summed E-state index contributed by atoms with van der Waals surface area (Å²) in [5, 5.41) is 0. The van der Waals surface area contributed by atoms with Gasteiger partial charge in [-0.05, 0) is 26.0 Å². The zero-order valence-corrected chi connectivity index (χ0v) is 14.3. The lowest BCUT2D eigenvalue weighted by Crippen LogP contribution is -3.00. The van der Waals surface area contributed by atoms with Gasteiger partial charge in [0.15, 0.2) is 5.78 Å². The molecule has 0 atom stereocenters. The van der Waals surface area contributed by atoms with Gasteiger partial charge in [-0.2, -0.15) is 0 Å². The first kappa shape index (κ1) is 19.9. The van der Waals surface area contributed by atoms with Gasteiger partial charge < -0.3 is 21.5 Å². The van der Waals surface area contributed by atoms with Crippen LogP contribution in [0, 0.1) is 5.41 Å². The lowest BCUT2D eigenvalue weighted by atomic mass is 9.90. The normalized spacial score (nSPS) is 13.0. The number of likely N-dealkylation sites (N-methyl/N-ethyl adjacent to an activating group) is 1. The van der Waals surface area contributed by atoms with Crippen LogP contribution in [0.4, 0.5) is 0 Å². The van der Waals surface area contributed by atoms with Gasteiger partial charge in [-0.15, -0.1) is 0 Å². The van der Waals surface area contributed by atoms with Crippen LogP contribution in [0.2, 0.25) is 0 Å². The number of ketones is 1. The van der Waals surface area contributed by atoms with Gasteiger partial charge in [0.2, 0.25) is 0 Å². The summed E-state index contributed by atoms with van der Waals surface area (Å²) in [5.74, 6) is 0.328. The van der Waals surface area contributed by atoms with Crippen LogP contribution in [0.1, 0.15) is 34.6 Å². The molecule has 0 saturated heterocycles. The third-order valence-corrected chi connectivity index (χ3v) is 2.93. The molecule has 0 aliphatic rings. The van der Waals surface area contributed by atoms with Gasteiger partial charge >= 0.3 is 0 Å². The van der Waals surface area contributed by atoms with E-state index < -0.39 is 0 Å². The van der Waals surface area contributed by atoms with Crippen molar-refractivity contribution in [2.45, 2.75) is 34.6 Å². The third kappa shape index (κ3) is 7.83. The molecule has 0 spiro atoms. The maximum absolute atomic E-state index is 12.1. The zero-order chi connectivity index (χ0) is 13.5. The first-order chi connectivity index (χ1) is 7.75. The lowest BCUT2D eigenvalue weighted by molar-refractivity contribution is -0.890. The molecule has 0 aromatic rings. The van der Waals surface area contributed by atoms with Crippen molar-refractivity contribution in [1.82, 2.24) is 0 Å². The largest absolute Gasteiger partial charge is 1.00 e. The summed E-state index contributed by atoms with van der Waals surface area (Å²) in [6.07, 6.45) is 8.38. The van der Waals surface area contributed by atoms with E-state index in [4.69, 9.17) is 0 Å². The Morgan fingerprint density at radius 3 is 1.72 bits per heavy atom. The summed E-state index contributed by atoms with van der Waals surface area (Å²) in [7, 11) is 2.14. The maximum atomic E-state index is 12.1. The Morgan fingerprint density at radius 2 is 1.44 bits per heavy atom. The third-order valence-electron chi connectivity index (χ3n) is 2.93.